The van der Waals surface area contributed by atoms with Crippen LogP contribution in [0.2, 0.25) is 4.22 Å². The number of carbonyl (C=O) groups is 2. The minimum absolute atomic E-state index is 0.0492. The Morgan fingerprint density at radius 1 is 1.00 bits per heavy atom. The van der Waals surface area contributed by atoms with Crippen LogP contribution in [0.3, 0.4) is 0 Å². The summed E-state index contributed by atoms with van der Waals surface area (Å²) in [5.41, 5.74) is 0. The molecule has 0 atom stereocenters. The zero-order valence-corrected chi connectivity index (χ0v) is 15.5. The fraction of sp³-hybridized carbons (Fsp3) is 0.750. The molecule has 2 radical (unpaired) electrons. The number of ether oxygens (including phenoxy) is 2. The van der Waals surface area contributed by atoms with Crippen molar-refractivity contribution in [3.63, 3.8) is 0 Å². The standard InChI is InChI=1S/C8H10O4Se4/c1-11-5(9)3-7(13)15-8(14,16-7)4-6(10)12-2/h3-4H2,1-2H3. The summed E-state index contributed by atoms with van der Waals surface area (Å²) in [5, 5.41) is 0. The molecule has 1 fully saturated rings. The van der Waals surface area contributed by atoms with Crippen molar-refractivity contribution < 1.29 is 19.1 Å². The molecule has 0 spiro atoms. The number of hydrogen-bond acceptors (Lipinski definition) is 4. The molecule has 0 bridgehead atoms. The first kappa shape index (κ1) is 15.1. The van der Waals surface area contributed by atoms with E-state index in [0.717, 1.165) is 0 Å². The molecule has 0 aromatic heterocycles. The Hall–Kier alpha value is 1.02. The summed E-state index contributed by atoms with van der Waals surface area (Å²) < 4.78 is 9.20. The number of carbonyl (C=O) groups excluding carboxylic acids is 2. The summed E-state index contributed by atoms with van der Waals surface area (Å²) >= 11 is 6.53. The molecule has 16 heavy (non-hydrogen) atoms. The van der Waals surface area contributed by atoms with Crippen LogP contribution in [0.15, 0.2) is 0 Å². The van der Waals surface area contributed by atoms with Gasteiger partial charge in [-0.05, 0) is 0 Å². The topological polar surface area (TPSA) is 52.6 Å². The zero-order valence-electron chi connectivity index (χ0n) is 8.68. The number of hydrogen-bond donors (Lipinski definition) is 0. The predicted octanol–water partition coefficient (Wildman–Crippen LogP) is -0.981. The molecular weight excluding hydrogens is 476 g/mol. The molecule has 1 aliphatic heterocycles. The Labute approximate surface area is 123 Å². The predicted molar refractivity (Wildman–Crippen MR) is 61.7 cm³/mol. The Balaban J connectivity index is 2.45. The molecule has 8 heteroatoms. The second-order valence-electron chi connectivity index (χ2n) is 3.08. The van der Waals surface area contributed by atoms with Crippen molar-refractivity contribution in [1.82, 2.24) is 0 Å². The van der Waals surface area contributed by atoms with Gasteiger partial charge in [-0.1, -0.05) is 0 Å². The van der Waals surface area contributed by atoms with Crippen LogP contribution in [0.4, 0.5) is 0 Å². The van der Waals surface area contributed by atoms with Gasteiger partial charge in [-0.25, -0.2) is 0 Å². The van der Waals surface area contributed by atoms with Gasteiger partial charge in [0, 0.05) is 0 Å². The van der Waals surface area contributed by atoms with Gasteiger partial charge < -0.3 is 0 Å². The van der Waals surface area contributed by atoms with E-state index in [1.54, 1.807) is 0 Å². The first-order valence-corrected chi connectivity index (χ1v) is 9.41. The fourth-order valence-corrected chi connectivity index (χ4v) is 25.1. The summed E-state index contributed by atoms with van der Waals surface area (Å²) in [7, 11) is 2.79. The van der Waals surface area contributed by atoms with Crippen molar-refractivity contribution in [3.8, 4) is 0 Å². The van der Waals surface area contributed by atoms with Gasteiger partial charge in [0.2, 0.25) is 0 Å². The summed E-state index contributed by atoms with van der Waals surface area (Å²) in [4.78, 5) is 22.4. The quantitative estimate of drug-likeness (QED) is 0.379. The average Bonchev–Trinajstić information content (AvgIpc) is 2.14. The van der Waals surface area contributed by atoms with Crippen LogP contribution in [-0.2, 0) is 19.1 Å². The molecule has 0 saturated carbocycles. The molecule has 0 aliphatic carbocycles. The summed E-state index contributed by atoms with van der Waals surface area (Å²) in [5.74, 6) is -0.384. The molecule has 1 heterocycles. The van der Waals surface area contributed by atoms with Gasteiger partial charge in [0.05, 0.1) is 0 Å². The molecule has 1 rings (SSSR count). The van der Waals surface area contributed by atoms with Gasteiger partial charge >= 0.3 is 124 Å². The van der Waals surface area contributed by atoms with Crippen LogP contribution in [0, 0.1) is 0 Å². The van der Waals surface area contributed by atoms with Crippen LogP contribution < -0.4 is 0 Å². The minimum atomic E-state index is -0.192. The Bertz CT molecular complexity index is 272. The van der Waals surface area contributed by atoms with E-state index in [2.05, 4.69) is 41.5 Å². The third-order valence-corrected chi connectivity index (χ3v) is 13.5. The van der Waals surface area contributed by atoms with Crippen molar-refractivity contribution in [2.75, 3.05) is 14.2 Å². The maximum atomic E-state index is 11.2. The molecule has 0 aromatic carbocycles. The van der Waals surface area contributed by atoms with Crippen LogP contribution >= 0.6 is 0 Å². The molecule has 1 saturated heterocycles. The monoisotopic (exact) mass is 490 g/mol. The van der Waals surface area contributed by atoms with E-state index in [-0.39, 0.29) is 46.1 Å². The van der Waals surface area contributed by atoms with E-state index < -0.39 is 0 Å². The van der Waals surface area contributed by atoms with E-state index >= 15 is 0 Å². The number of methoxy groups -OCH3 is 2. The van der Waals surface area contributed by atoms with Crippen LogP contribution in [0.1, 0.15) is 12.8 Å². The molecule has 0 unspecified atom stereocenters. The molecule has 90 valence electrons. The van der Waals surface area contributed by atoms with E-state index in [4.69, 9.17) is 0 Å². The van der Waals surface area contributed by atoms with Crippen molar-refractivity contribution in [2.45, 2.75) is 17.1 Å². The Morgan fingerprint density at radius 2 is 1.31 bits per heavy atom. The molecule has 0 amide bonds. The van der Waals surface area contributed by atoms with Gasteiger partial charge in [-0.3, -0.25) is 0 Å². The number of rotatable bonds is 4. The molecule has 0 N–H and O–H groups in total. The first-order chi connectivity index (χ1) is 7.32. The van der Waals surface area contributed by atoms with E-state index in [1.165, 1.54) is 14.2 Å². The Morgan fingerprint density at radius 3 is 1.56 bits per heavy atom. The summed E-state index contributed by atoms with van der Waals surface area (Å²) in [6.07, 6.45) is 0.822. The third kappa shape index (κ3) is 4.04. The Kier molecular flexibility index (Phi) is 5.44. The zero-order chi connectivity index (χ0) is 12.4. The van der Waals surface area contributed by atoms with Crippen molar-refractivity contribution >= 4 is 73.9 Å². The molecule has 1 aliphatic rings. The summed E-state index contributed by atoms with van der Waals surface area (Å²) in [6, 6.07) is 0. The SMILES string of the molecule is COC(=O)CC1([Se])[Se]C([Se])(CC(=O)OC)[Se]1. The molecule has 4 nitrogen and oxygen atoms in total. The van der Waals surface area contributed by atoms with E-state index in [9.17, 15) is 9.59 Å². The third-order valence-electron chi connectivity index (χ3n) is 1.80. The normalized spacial score (nSPS) is 32.8. The fourth-order valence-electron chi connectivity index (χ4n) is 1.12. The van der Waals surface area contributed by atoms with Gasteiger partial charge in [0.1, 0.15) is 0 Å². The summed E-state index contributed by atoms with van der Waals surface area (Å²) in [6.45, 7) is 0. The van der Waals surface area contributed by atoms with E-state index in [1.807, 2.05) is 0 Å². The van der Waals surface area contributed by atoms with Crippen molar-refractivity contribution in [1.29, 1.82) is 0 Å². The van der Waals surface area contributed by atoms with E-state index in [0.29, 0.717) is 12.8 Å². The second kappa shape index (κ2) is 5.77. The van der Waals surface area contributed by atoms with Crippen molar-refractivity contribution in [3.05, 3.63) is 0 Å². The van der Waals surface area contributed by atoms with Crippen molar-refractivity contribution in [2.24, 2.45) is 0 Å². The molecule has 0 aromatic rings. The van der Waals surface area contributed by atoms with Gasteiger partial charge in [0.15, 0.2) is 0 Å². The average molecular weight is 486 g/mol. The van der Waals surface area contributed by atoms with Crippen LogP contribution in [-0.4, -0.2) is 88.1 Å². The van der Waals surface area contributed by atoms with Gasteiger partial charge in [0.25, 0.3) is 0 Å². The van der Waals surface area contributed by atoms with Crippen LogP contribution in [0.25, 0.3) is 0 Å². The van der Waals surface area contributed by atoms with Crippen LogP contribution in [0.5, 0.6) is 0 Å². The number of esters is 2. The van der Waals surface area contributed by atoms with Gasteiger partial charge in [-0.15, -0.1) is 0 Å². The second-order valence-corrected chi connectivity index (χ2v) is 20.6. The van der Waals surface area contributed by atoms with Gasteiger partial charge in [-0.2, -0.15) is 0 Å². The first-order valence-electron chi connectivity index (χ1n) is 4.27. The molecular formula is C8H10O4Se4. The maximum absolute atomic E-state index is 11.2.